The summed E-state index contributed by atoms with van der Waals surface area (Å²) < 4.78 is 1.14. The highest BCUT2D eigenvalue weighted by Crippen LogP contribution is 2.17. The molecule has 82 valence electrons. The highest BCUT2D eigenvalue weighted by molar-refractivity contribution is 9.10. The molecule has 0 saturated heterocycles. The van der Waals surface area contributed by atoms with Crippen LogP contribution in [0.3, 0.4) is 0 Å². The third-order valence-electron chi connectivity index (χ3n) is 2.28. The van der Waals surface area contributed by atoms with Crippen molar-refractivity contribution in [2.45, 2.75) is 26.8 Å². The molecular weight excluding hydrogens is 250 g/mol. The summed E-state index contributed by atoms with van der Waals surface area (Å²) >= 11 is 3.48. The van der Waals surface area contributed by atoms with E-state index in [0.29, 0.717) is 6.04 Å². The molecule has 0 unspecified atom stereocenters. The molecule has 15 heavy (non-hydrogen) atoms. The molecule has 0 bridgehead atoms. The molecule has 1 nitrogen and oxygen atoms in total. The minimum Gasteiger partial charge on any atom is -0.307 e. The predicted octanol–water partition coefficient (Wildman–Crippen LogP) is 4.07. The first-order valence-corrected chi connectivity index (χ1v) is 6.01. The number of allylic oxidation sites excluding steroid dienone is 1. The fraction of sp³-hybridized carbons (Fsp3) is 0.385. The maximum Gasteiger partial charge on any atom is 0.0295 e. The van der Waals surface area contributed by atoms with E-state index in [2.05, 4.69) is 66.3 Å². The summed E-state index contributed by atoms with van der Waals surface area (Å²) in [6.45, 7) is 7.34. The number of halogens is 1. The molecule has 0 fully saturated rings. The molecular formula is C13H18BrN. The number of hydrogen-bond donors (Lipinski definition) is 1. The van der Waals surface area contributed by atoms with Crippen LogP contribution in [0.5, 0.6) is 0 Å². The molecule has 1 aromatic carbocycles. The SMILES string of the molecule is CC(C)=CCN[C@@H](C)c1cccc(Br)c1. The van der Waals surface area contributed by atoms with E-state index in [9.17, 15) is 0 Å². The summed E-state index contributed by atoms with van der Waals surface area (Å²) in [5.41, 5.74) is 2.66. The molecule has 1 rings (SSSR count). The number of rotatable bonds is 4. The zero-order valence-corrected chi connectivity index (χ0v) is 11.1. The Bertz CT molecular complexity index is 340. The van der Waals surface area contributed by atoms with Crippen LogP contribution in [0.2, 0.25) is 0 Å². The highest BCUT2D eigenvalue weighted by atomic mass is 79.9. The maximum absolute atomic E-state index is 3.48. The predicted molar refractivity (Wildman–Crippen MR) is 70.0 cm³/mol. The van der Waals surface area contributed by atoms with E-state index in [0.717, 1.165) is 11.0 Å². The Morgan fingerprint density at radius 2 is 2.20 bits per heavy atom. The van der Waals surface area contributed by atoms with Gasteiger partial charge >= 0.3 is 0 Å². The summed E-state index contributed by atoms with van der Waals surface area (Å²) in [7, 11) is 0. The first kappa shape index (κ1) is 12.5. The van der Waals surface area contributed by atoms with Gasteiger partial charge in [0, 0.05) is 17.1 Å². The van der Waals surface area contributed by atoms with Crippen molar-refractivity contribution >= 4 is 15.9 Å². The van der Waals surface area contributed by atoms with Crippen molar-refractivity contribution in [1.29, 1.82) is 0 Å². The van der Waals surface area contributed by atoms with Gasteiger partial charge in [-0.25, -0.2) is 0 Å². The van der Waals surface area contributed by atoms with Crippen LogP contribution in [0.1, 0.15) is 32.4 Å². The van der Waals surface area contributed by atoms with Crippen molar-refractivity contribution in [2.75, 3.05) is 6.54 Å². The van der Waals surface area contributed by atoms with Crippen LogP contribution in [-0.2, 0) is 0 Å². The van der Waals surface area contributed by atoms with E-state index >= 15 is 0 Å². The van der Waals surface area contributed by atoms with Crippen LogP contribution in [0.4, 0.5) is 0 Å². The second-order valence-corrected chi connectivity index (χ2v) is 4.88. The van der Waals surface area contributed by atoms with Crippen LogP contribution >= 0.6 is 15.9 Å². The molecule has 0 amide bonds. The van der Waals surface area contributed by atoms with E-state index in [1.165, 1.54) is 11.1 Å². The molecule has 0 saturated carbocycles. The van der Waals surface area contributed by atoms with Crippen molar-refractivity contribution in [3.05, 3.63) is 46.0 Å². The van der Waals surface area contributed by atoms with Gasteiger partial charge in [0.1, 0.15) is 0 Å². The fourth-order valence-corrected chi connectivity index (χ4v) is 1.75. The van der Waals surface area contributed by atoms with Crippen molar-refractivity contribution in [3.8, 4) is 0 Å². The van der Waals surface area contributed by atoms with Crippen LogP contribution < -0.4 is 5.32 Å². The highest BCUT2D eigenvalue weighted by Gasteiger charge is 2.03. The molecule has 0 radical (unpaired) electrons. The molecule has 1 aromatic rings. The topological polar surface area (TPSA) is 12.0 Å². The second kappa shape index (κ2) is 6.09. The van der Waals surface area contributed by atoms with Crippen LogP contribution in [0, 0.1) is 0 Å². The molecule has 0 heterocycles. The minimum absolute atomic E-state index is 0.387. The Morgan fingerprint density at radius 3 is 2.80 bits per heavy atom. The monoisotopic (exact) mass is 267 g/mol. The van der Waals surface area contributed by atoms with Gasteiger partial charge in [-0.2, -0.15) is 0 Å². The molecule has 1 atom stereocenters. The van der Waals surface area contributed by atoms with Crippen LogP contribution in [0.25, 0.3) is 0 Å². The first-order chi connectivity index (χ1) is 7.09. The van der Waals surface area contributed by atoms with Gasteiger partial charge in [-0.15, -0.1) is 0 Å². The molecule has 0 aromatic heterocycles. The zero-order valence-electron chi connectivity index (χ0n) is 9.55. The minimum atomic E-state index is 0.387. The van der Waals surface area contributed by atoms with E-state index < -0.39 is 0 Å². The fourth-order valence-electron chi connectivity index (χ4n) is 1.33. The van der Waals surface area contributed by atoms with E-state index in [1.54, 1.807) is 0 Å². The van der Waals surface area contributed by atoms with Crippen molar-refractivity contribution < 1.29 is 0 Å². The first-order valence-electron chi connectivity index (χ1n) is 5.22. The normalized spacial score (nSPS) is 12.3. The Labute approximate surface area is 101 Å². The van der Waals surface area contributed by atoms with Gasteiger partial charge < -0.3 is 5.32 Å². The van der Waals surface area contributed by atoms with Gasteiger partial charge in [-0.05, 0) is 38.5 Å². The Balaban J connectivity index is 2.54. The number of hydrogen-bond acceptors (Lipinski definition) is 1. The van der Waals surface area contributed by atoms with E-state index in [1.807, 2.05) is 6.07 Å². The Kier molecular flexibility index (Phi) is 5.06. The number of benzene rings is 1. The molecule has 0 aliphatic heterocycles. The molecule has 0 aliphatic carbocycles. The quantitative estimate of drug-likeness (QED) is 0.812. The van der Waals surface area contributed by atoms with Crippen LogP contribution in [-0.4, -0.2) is 6.54 Å². The lowest BCUT2D eigenvalue weighted by Gasteiger charge is -2.13. The van der Waals surface area contributed by atoms with Crippen molar-refractivity contribution in [3.63, 3.8) is 0 Å². The average molecular weight is 268 g/mol. The van der Waals surface area contributed by atoms with Gasteiger partial charge in [0.15, 0.2) is 0 Å². The van der Waals surface area contributed by atoms with Gasteiger partial charge in [0.25, 0.3) is 0 Å². The molecule has 0 aliphatic rings. The lowest BCUT2D eigenvalue weighted by molar-refractivity contribution is 0.616. The summed E-state index contributed by atoms with van der Waals surface area (Å²) in [6, 6.07) is 8.80. The van der Waals surface area contributed by atoms with Crippen LogP contribution in [0.15, 0.2) is 40.4 Å². The summed E-state index contributed by atoms with van der Waals surface area (Å²) in [5, 5.41) is 3.46. The number of nitrogens with one attached hydrogen (secondary N) is 1. The Morgan fingerprint density at radius 1 is 1.47 bits per heavy atom. The van der Waals surface area contributed by atoms with Gasteiger partial charge in [0.2, 0.25) is 0 Å². The van der Waals surface area contributed by atoms with Gasteiger partial charge in [-0.3, -0.25) is 0 Å². The van der Waals surface area contributed by atoms with Gasteiger partial charge in [-0.1, -0.05) is 39.7 Å². The smallest absolute Gasteiger partial charge is 0.0295 e. The average Bonchev–Trinajstić information content (AvgIpc) is 2.17. The third-order valence-corrected chi connectivity index (χ3v) is 2.78. The van der Waals surface area contributed by atoms with E-state index in [-0.39, 0.29) is 0 Å². The Hall–Kier alpha value is -0.600. The van der Waals surface area contributed by atoms with Gasteiger partial charge in [0.05, 0.1) is 0 Å². The van der Waals surface area contributed by atoms with Crippen molar-refractivity contribution in [2.24, 2.45) is 0 Å². The summed E-state index contributed by atoms with van der Waals surface area (Å²) in [5.74, 6) is 0. The maximum atomic E-state index is 3.48. The lowest BCUT2D eigenvalue weighted by Crippen LogP contribution is -2.18. The van der Waals surface area contributed by atoms with E-state index in [4.69, 9.17) is 0 Å². The summed E-state index contributed by atoms with van der Waals surface area (Å²) in [4.78, 5) is 0. The standard InChI is InChI=1S/C13H18BrN/c1-10(2)7-8-15-11(3)12-5-4-6-13(14)9-12/h4-7,9,11,15H,8H2,1-3H3/t11-/m0/s1. The second-order valence-electron chi connectivity index (χ2n) is 3.97. The third kappa shape index (κ3) is 4.63. The summed E-state index contributed by atoms with van der Waals surface area (Å²) in [6.07, 6.45) is 2.20. The molecule has 1 N–H and O–H groups in total. The zero-order chi connectivity index (χ0) is 11.3. The van der Waals surface area contributed by atoms with Crippen molar-refractivity contribution in [1.82, 2.24) is 5.32 Å². The lowest BCUT2D eigenvalue weighted by atomic mass is 10.1. The molecule has 2 heteroatoms. The largest absolute Gasteiger partial charge is 0.307 e. The molecule has 0 spiro atoms.